The Bertz CT molecular complexity index is 976. The lowest BCUT2D eigenvalue weighted by atomic mass is 9.93. The van der Waals surface area contributed by atoms with E-state index in [0.717, 1.165) is 37.4 Å². The number of fused-ring (bicyclic) bond motifs is 1. The van der Waals surface area contributed by atoms with Crippen molar-refractivity contribution in [3.05, 3.63) is 95.6 Å². The summed E-state index contributed by atoms with van der Waals surface area (Å²) < 4.78 is 0. The Morgan fingerprint density at radius 2 is 1.32 bits per heavy atom. The average molecular weight is 368 g/mol. The van der Waals surface area contributed by atoms with Crippen LogP contribution in [-0.4, -0.2) is 32.0 Å². The molecule has 0 radical (unpaired) electrons. The van der Waals surface area contributed by atoms with E-state index < -0.39 is 0 Å². The first-order valence-electron chi connectivity index (χ1n) is 10.1. The number of hydrogen-bond acceptors (Lipinski definition) is 3. The van der Waals surface area contributed by atoms with Crippen molar-refractivity contribution >= 4 is 17.2 Å². The first kappa shape index (κ1) is 17.1. The second-order valence-electron chi connectivity index (χ2n) is 7.64. The van der Waals surface area contributed by atoms with Crippen molar-refractivity contribution in [1.29, 1.82) is 0 Å². The summed E-state index contributed by atoms with van der Waals surface area (Å²) in [7, 11) is 0. The third kappa shape index (κ3) is 2.97. The minimum Gasteiger partial charge on any atom is -0.368 e. The van der Waals surface area contributed by atoms with Gasteiger partial charge >= 0.3 is 0 Å². The van der Waals surface area contributed by atoms with Crippen molar-refractivity contribution in [2.75, 3.05) is 36.0 Å². The minimum atomic E-state index is 0.189. The third-order valence-electron chi connectivity index (χ3n) is 6.06. The molecular formula is C25H24N2O. The molecule has 1 atom stereocenters. The molecule has 0 spiro atoms. The molecule has 3 nitrogen and oxygen atoms in total. The van der Waals surface area contributed by atoms with Gasteiger partial charge in [-0.25, -0.2) is 0 Å². The van der Waals surface area contributed by atoms with Gasteiger partial charge in [0.1, 0.15) is 0 Å². The van der Waals surface area contributed by atoms with Crippen LogP contribution in [0.25, 0.3) is 0 Å². The van der Waals surface area contributed by atoms with Crippen molar-refractivity contribution < 1.29 is 4.79 Å². The molecule has 1 saturated heterocycles. The summed E-state index contributed by atoms with van der Waals surface area (Å²) in [6, 6.07) is 27.4. The summed E-state index contributed by atoms with van der Waals surface area (Å²) >= 11 is 0. The Morgan fingerprint density at radius 3 is 2.04 bits per heavy atom. The fourth-order valence-corrected chi connectivity index (χ4v) is 4.64. The number of nitrogens with zero attached hydrogens (tertiary/aromatic N) is 2. The monoisotopic (exact) mass is 368 g/mol. The molecule has 1 heterocycles. The summed E-state index contributed by atoms with van der Waals surface area (Å²) in [6.07, 6.45) is 0.584. The van der Waals surface area contributed by atoms with Crippen LogP contribution in [0.1, 0.15) is 33.8 Å². The van der Waals surface area contributed by atoms with E-state index in [-0.39, 0.29) is 11.7 Å². The highest BCUT2D eigenvalue weighted by molar-refractivity contribution is 6.06. The number of Topliss-reactive ketones (excluding diaryl/α,β-unsaturated/α-hetero) is 1. The van der Waals surface area contributed by atoms with Gasteiger partial charge in [-0.15, -0.1) is 0 Å². The van der Waals surface area contributed by atoms with E-state index >= 15 is 0 Å². The number of anilines is 2. The molecule has 1 aliphatic carbocycles. The second-order valence-corrected chi connectivity index (χ2v) is 7.64. The topological polar surface area (TPSA) is 23.6 Å². The zero-order valence-electron chi connectivity index (χ0n) is 15.9. The number of benzene rings is 3. The van der Waals surface area contributed by atoms with Gasteiger partial charge in [0.15, 0.2) is 5.78 Å². The van der Waals surface area contributed by atoms with Gasteiger partial charge in [0.25, 0.3) is 0 Å². The minimum absolute atomic E-state index is 0.189. The molecule has 0 saturated carbocycles. The van der Waals surface area contributed by atoms with Gasteiger partial charge < -0.3 is 9.80 Å². The molecule has 1 fully saturated rings. The number of hydrogen-bond donors (Lipinski definition) is 0. The van der Waals surface area contributed by atoms with Gasteiger partial charge in [0.2, 0.25) is 0 Å². The van der Waals surface area contributed by atoms with Crippen LogP contribution < -0.4 is 9.80 Å². The Labute approximate surface area is 166 Å². The summed E-state index contributed by atoms with van der Waals surface area (Å²) in [5, 5.41) is 0. The molecule has 5 rings (SSSR count). The average Bonchev–Trinajstić information content (AvgIpc) is 3.12. The quantitative estimate of drug-likeness (QED) is 0.668. The molecule has 3 aromatic carbocycles. The van der Waals surface area contributed by atoms with E-state index in [9.17, 15) is 4.79 Å². The summed E-state index contributed by atoms with van der Waals surface area (Å²) in [4.78, 5) is 17.8. The number of carbonyl (C=O) groups excluding carboxylic acids is 1. The molecule has 1 unspecified atom stereocenters. The van der Waals surface area contributed by atoms with Crippen molar-refractivity contribution in [3.63, 3.8) is 0 Å². The zero-order valence-corrected chi connectivity index (χ0v) is 15.9. The van der Waals surface area contributed by atoms with Crippen molar-refractivity contribution in [2.24, 2.45) is 0 Å². The lowest BCUT2D eigenvalue weighted by Crippen LogP contribution is -2.46. The highest BCUT2D eigenvalue weighted by atomic mass is 16.1. The smallest absolute Gasteiger partial charge is 0.166 e. The predicted molar refractivity (Wildman–Crippen MR) is 115 cm³/mol. The summed E-state index contributed by atoms with van der Waals surface area (Å²) in [5.41, 5.74) is 5.78. The predicted octanol–water partition coefficient (Wildman–Crippen LogP) is 4.73. The Morgan fingerprint density at radius 1 is 0.679 bits per heavy atom. The lowest BCUT2D eigenvalue weighted by Gasteiger charge is -2.38. The van der Waals surface area contributed by atoms with Gasteiger partial charge in [-0.3, -0.25) is 4.79 Å². The van der Waals surface area contributed by atoms with E-state index in [1.54, 1.807) is 0 Å². The van der Waals surface area contributed by atoms with Crippen LogP contribution in [0.15, 0.2) is 78.9 Å². The summed E-state index contributed by atoms with van der Waals surface area (Å²) in [6.45, 7) is 3.83. The van der Waals surface area contributed by atoms with Crippen LogP contribution in [0.5, 0.6) is 0 Å². The molecule has 2 aliphatic rings. The van der Waals surface area contributed by atoms with Gasteiger partial charge in [0.05, 0.1) is 0 Å². The zero-order chi connectivity index (χ0) is 18.9. The number of rotatable bonds is 3. The molecule has 0 bridgehead atoms. The molecule has 3 aromatic rings. The number of carbonyl (C=O) groups is 1. The van der Waals surface area contributed by atoms with E-state index in [2.05, 4.69) is 82.6 Å². The maximum absolute atomic E-state index is 13.0. The normalized spacial score (nSPS) is 19.0. The SMILES string of the molecule is O=C1CC(c2ccccc2)c2cccc(N3CCN(c4ccccc4)CC3)c21. The molecule has 0 N–H and O–H groups in total. The van der Waals surface area contributed by atoms with Gasteiger partial charge in [-0.1, -0.05) is 60.7 Å². The molecular weight excluding hydrogens is 344 g/mol. The molecule has 1 aliphatic heterocycles. The van der Waals surface area contributed by atoms with Crippen LogP contribution in [0, 0.1) is 0 Å². The van der Waals surface area contributed by atoms with Crippen LogP contribution >= 0.6 is 0 Å². The largest absolute Gasteiger partial charge is 0.368 e. The molecule has 0 aromatic heterocycles. The van der Waals surface area contributed by atoms with Crippen molar-refractivity contribution in [2.45, 2.75) is 12.3 Å². The fraction of sp³-hybridized carbons (Fsp3) is 0.240. The van der Waals surface area contributed by atoms with Crippen molar-refractivity contribution in [3.8, 4) is 0 Å². The fourth-order valence-electron chi connectivity index (χ4n) is 4.64. The Hall–Kier alpha value is -3.07. The number of ketones is 1. The molecule has 140 valence electrons. The highest BCUT2D eigenvalue weighted by Gasteiger charge is 2.34. The molecule has 0 amide bonds. The molecule has 28 heavy (non-hydrogen) atoms. The first-order chi connectivity index (χ1) is 13.8. The number of para-hydroxylation sites is 1. The van der Waals surface area contributed by atoms with Gasteiger partial charge in [0, 0.05) is 55.5 Å². The number of piperazine rings is 1. The third-order valence-corrected chi connectivity index (χ3v) is 6.06. The van der Waals surface area contributed by atoms with E-state index in [1.807, 2.05) is 6.07 Å². The maximum Gasteiger partial charge on any atom is 0.166 e. The summed E-state index contributed by atoms with van der Waals surface area (Å²) in [5.74, 6) is 0.471. The van der Waals surface area contributed by atoms with Crippen LogP contribution in [0.3, 0.4) is 0 Å². The van der Waals surface area contributed by atoms with E-state index in [0.29, 0.717) is 6.42 Å². The van der Waals surface area contributed by atoms with Gasteiger partial charge in [-0.05, 0) is 29.3 Å². The Balaban J connectivity index is 1.41. The molecule has 3 heteroatoms. The van der Waals surface area contributed by atoms with Crippen LogP contribution in [0.4, 0.5) is 11.4 Å². The lowest BCUT2D eigenvalue weighted by molar-refractivity contribution is 0.0991. The standard InChI is InChI=1S/C25H24N2O/c28-24-18-22(19-8-3-1-4-9-19)21-12-7-13-23(25(21)24)27-16-14-26(15-17-27)20-10-5-2-6-11-20/h1-13,22H,14-18H2. The Kier molecular flexibility index (Phi) is 4.36. The van der Waals surface area contributed by atoms with Crippen molar-refractivity contribution in [1.82, 2.24) is 0 Å². The van der Waals surface area contributed by atoms with Crippen LogP contribution in [0.2, 0.25) is 0 Å². The maximum atomic E-state index is 13.0. The first-order valence-corrected chi connectivity index (χ1v) is 10.1. The highest BCUT2D eigenvalue weighted by Crippen LogP contribution is 2.42. The van der Waals surface area contributed by atoms with E-state index in [4.69, 9.17) is 0 Å². The van der Waals surface area contributed by atoms with E-state index in [1.165, 1.54) is 16.8 Å². The van der Waals surface area contributed by atoms with Crippen LogP contribution in [-0.2, 0) is 0 Å². The van der Waals surface area contributed by atoms with Gasteiger partial charge in [-0.2, -0.15) is 0 Å². The second kappa shape index (κ2) is 7.16.